The van der Waals surface area contributed by atoms with Crippen LogP contribution in [0.5, 0.6) is 0 Å². The van der Waals surface area contributed by atoms with Gasteiger partial charge in [-0.05, 0) is 42.5 Å². The van der Waals surface area contributed by atoms with Gasteiger partial charge in [-0.15, -0.1) is 6.58 Å². The second-order valence-corrected chi connectivity index (χ2v) is 12.8. The van der Waals surface area contributed by atoms with Crippen LogP contribution < -0.4 is 4.80 Å². The number of amides is 1. The van der Waals surface area contributed by atoms with Gasteiger partial charge >= 0.3 is 0 Å². The van der Waals surface area contributed by atoms with Gasteiger partial charge in [-0.2, -0.15) is 19.8 Å². The molecule has 0 aliphatic carbocycles. The highest BCUT2D eigenvalue weighted by Crippen LogP contribution is 2.22. The lowest BCUT2D eigenvalue weighted by Crippen LogP contribution is -2.32. The minimum Gasteiger partial charge on any atom is -0.312 e. The molecule has 3 aromatic rings. The molecule has 1 amide bonds. The van der Waals surface area contributed by atoms with Crippen molar-refractivity contribution in [3.05, 3.63) is 65.5 Å². The van der Waals surface area contributed by atoms with Crippen LogP contribution in [0.4, 0.5) is 0 Å². The van der Waals surface area contributed by atoms with Crippen molar-refractivity contribution in [3.8, 4) is 12.1 Å². The quantitative estimate of drug-likeness (QED) is 0.347. The molecule has 13 heteroatoms. The Balaban J connectivity index is 1.97. The first-order valence-electron chi connectivity index (χ1n) is 10.9. The average Bonchev–Trinajstić information content (AvgIpc) is 3.19. The number of hydrogen-bond donors (Lipinski definition) is 0. The standard InChI is InChI=1S/C24H23N5O5S3/c1-3-14-29-21-11-10-20(36(2,31)32)17-22(21)35-24(29)27-23(30)18-6-8-19(9-7-18)37(33,34)28(15-4-12-25)16-5-13-26/h3,6-11,17H,1,4-5,14-16H2,2H3. The number of nitrogens with zero attached hydrogens (tertiary/aromatic N) is 5. The van der Waals surface area contributed by atoms with Crippen molar-refractivity contribution in [1.82, 2.24) is 8.87 Å². The number of sulfonamides is 1. The van der Waals surface area contributed by atoms with Gasteiger partial charge in [0.15, 0.2) is 14.6 Å². The van der Waals surface area contributed by atoms with Crippen molar-refractivity contribution in [2.45, 2.75) is 29.2 Å². The van der Waals surface area contributed by atoms with Crippen LogP contribution in [0.25, 0.3) is 10.2 Å². The van der Waals surface area contributed by atoms with Crippen LogP contribution in [0.2, 0.25) is 0 Å². The SMILES string of the molecule is C=CCn1c(=NC(=O)c2ccc(S(=O)(=O)N(CCC#N)CCC#N)cc2)sc2cc(S(C)(=O)=O)ccc21. The fourth-order valence-electron chi connectivity index (χ4n) is 3.45. The molecule has 192 valence electrons. The molecule has 0 aliphatic rings. The number of sulfone groups is 1. The first-order chi connectivity index (χ1) is 17.5. The number of carbonyl (C=O) groups is 1. The molecule has 0 spiro atoms. The molecule has 1 heterocycles. The highest BCUT2D eigenvalue weighted by molar-refractivity contribution is 7.90. The van der Waals surface area contributed by atoms with Gasteiger partial charge in [-0.1, -0.05) is 17.4 Å². The van der Waals surface area contributed by atoms with Crippen LogP contribution in [0, 0.1) is 22.7 Å². The van der Waals surface area contributed by atoms with Crippen LogP contribution >= 0.6 is 11.3 Å². The number of thiazole rings is 1. The lowest BCUT2D eigenvalue weighted by molar-refractivity contribution is 0.0997. The van der Waals surface area contributed by atoms with E-state index < -0.39 is 25.8 Å². The van der Waals surface area contributed by atoms with E-state index in [2.05, 4.69) is 11.6 Å². The number of allylic oxidation sites excluding steroid dienone is 1. The van der Waals surface area contributed by atoms with Gasteiger partial charge in [0.2, 0.25) is 10.0 Å². The molecule has 0 fully saturated rings. The van der Waals surface area contributed by atoms with Crippen molar-refractivity contribution in [3.63, 3.8) is 0 Å². The minimum atomic E-state index is -3.97. The van der Waals surface area contributed by atoms with Crippen LogP contribution in [0.15, 0.2) is 69.9 Å². The summed E-state index contributed by atoms with van der Waals surface area (Å²) in [5, 5.41) is 17.7. The molecule has 1 aromatic heterocycles. The van der Waals surface area contributed by atoms with Crippen LogP contribution in [0.1, 0.15) is 23.2 Å². The molecule has 0 saturated heterocycles. The van der Waals surface area contributed by atoms with E-state index in [9.17, 15) is 21.6 Å². The monoisotopic (exact) mass is 557 g/mol. The largest absolute Gasteiger partial charge is 0.312 e. The van der Waals surface area contributed by atoms with Crippen molar-refractivity contribution >= 4 is 47.3 Å². The Bertz CT molecular complexity index is 1690. The Morgan fingerprint density at radius 2 is 1.65 bits per heavy atom. The van der Waals surface area contributed by atoms with Gasteiger partial charge in [0.1, 0.15) is 0 Å². The molecule has 3 rings (SSSR count). The summed E-state index contributed by atoms with van der Waals surface area (Å²) in [6, 6.07) is 13.7. The summed E-state index contributed by atoms with van der Waals surface area (Å²) in [5.74, 6) is -0.609. The second-order valence-electron chi connectivity index (χ2n) is 7.85. The van der Waals surface area contributed by atoms with Crippen molar-refractivity contribution in [1.29, 1.82) is 10.5 Å². The Morgan fingerprint density at radius 1 is 1.05 bits per heavy atom. The summed E-state index contributed by atoms with van der Waals surface area (Å²) >= 11 is 1.15. The molecule has 0 radical (unpaired) electrons. The van der Waals surface area contributed by atoms with Gasteiger partial charge in [0, 0.05) is 44.3 Å². The molecule has 0 aliphatic heterocycles. The lowest BCUT2D eigenvalue weighted by atomic mass is 10.2. The van der Waals surface area contributed by atoms with Crippen molar-refractivity contribution in [2.24, 2.45) is 4.99 Å². The Labute approximate surface area is 219 Å². The second kappa shape index (κ2) is 11.6. The third-order valence-electron chi connectivity index (χ3n) is 5.28. The summed E-state index contributed by atoms with van der Waals surface area (Å²) in [4.78, 5) is 17.5. The maximum Gasteiger partial charge on any atom is 0.279 e. The van der Waals surface area contributed by atoms with E-state index in [1.807, 2.05) is 12.1 Å². The van der Waals surface area contributed by atoms with E-state index in [1.165, 1.54) is 36.4 Å². The number of benzene rings is 2. The highest BCUT2D eigenvalue weighted by atomic mass is 32.2. The Morgan fingerprint density at radius 3 is 2.19 bits per heavy atom. The van der Waals surface area contributed by atoms with E-state index in [-0.39, 0.29) is 41.3 Å². The van der Waals surface area contributed by atoms with Crippen molar-refractivity contribution in [2.75, 3.05) is 19.3 Å². The van der Waals surface area contributed by atoms with Crippen molar-refractivity contribution < 1.29 is 21.6 Å². The molecule has 0 bridgehead atoms. The fourth-order valence-corrected chi connectivity index (χ4v) is 6.69. The number of aromatic nitrogens is 1. The molecule has 2 aromatic carbocycles. The zero-order valence-electron chi connectivity index (χ0n) is 19.9. The van der Waals surface area contributed by atoms with E-state index in [1.54, 1.807) is 16.7 Å². The molecule has 37 heavy (non-hydrogen) atoms. The zero-order chi connectivity index (χ0) is 27.2. The smallest absolute Gasteiger partial charge is 0.279 e. The molecular weight excluding hydrogens is 534 g/mol. The minimum absolute atomic E-state index is 0.0222. The lowest BCUT2D eigenvalue weighted by Gasteiger charge is -2.20. The predicted molar refractivity (Wildman–Crippen MR) is 139 cm³/mol. The van der Waals surface area contributed by atoms with Gasteiger partial charge < -0.3 is 4.57 Å². The number of carbonyl (C=O) groups excluding carboxylic acids is 1. The molecule has 10 nitrogen and oxygen atoms in total. The van der Waals surface area contributed by atoms with Crippen LogP contribution in [-0.2, 0) is 26.4 Å². The van der Waals surface area contributed by atoms with E-state index >= 15 is 0 Å². The number of rotatable bonds is 10. The summed E-state index contributed by atoms with van der Waals surface area (Å²) in [6.45, 7) is 3.96. The summed E-state index contributed by atoms with van der Waals surface area (Å²) in [7, 11) is -7.38. The third kappa shape index (κ3) is 6.39. The first-order valence-corrected chi connectivity index (χ1v) is 15.0. The average molecular weight is 558 g/mol. The Hall–Kier alpha value is -3.62. The van der Waals surface area contributed by atoms with Gasteiger partial charge in [-0.25, -0.2) is 16.8 Å². The van der Waals surface area contributed by atoms with Gasteiger partial charge in [0.25, 0.3) is 5.91 Å². The summed E-state index contributed by atoms with van der Waals surface area (Å²) in [6.07, 6.45) is 2.70. The fraction of sp³-hybridized carbons (Fsp3) is 0.250. The topological polar surface area (TPSA) is 153 Å². The highest BCUT2D eigenvalue weighted by Gasteiger charge is 2.24. The van der Waals surface area contributed by atoms with Crippen LogP contribution in [-0.4, -0.2) is 51.0 Å². The summed E-state index contributed by atoms with van der Waals surface area (Å²) in [5.41, 5.74) is 0.846. The zero-order valence-corrected chi connectivity index (χ0v) is 22.3. The number of fused-ring (bicyclic) bond motifs is 1. The van der Waals surface area contributed by atoms with Crippen LogP contribution in [0.3, 0.4) is 0 Å². The first kappa shape index (κ1) is 28.0. The van der Waals surface area contributed by atoms with Gasteiger partial charge in [0.05, 0.1) is 32.1 Å². The molecule has 0 atom stereocenters. The molecule has 0 N–H and O–H groups in total. The van der Waals surface area contributed by atoms with E-state index in [0.29, 0.717) is 21.6 Å². The predicted octanol–water partition coefficient (Wildman–Crippen LogP) is 2.85. The maximum atomic E-state index is 13.0. The third-order valence-corrected chi connectivity index (χ3v) is 9.34. The maximum absolute atomic E-state index is 13.0. The molecular formula is C24H23N5O5S3. The normalized spacial score (nSPS) is 12.4. The summed E-state index contributed by atoms with van der Waals surface area (Å²) < 4.78 is 53.2. The van der Waals surface area contributed by atoms with E-state index in [0.717, 1.165) is 21.9 Å². The molecule has 0 saturated carbocycles. The molecule has 0 unspecified atom stereocenters. The van der Waals surface area contributed by atoms with E-state index in [4.69, 9.17) is 10.5 Å². The number of hydrogen-bond acceptors (Lipinski definition) is 8. The Kier molecular flexibility index (Phi) is 8.78. The van der Waals surface area contributed by atoms with Gasteiger partial charge in [-0.3, -0.25) is 4.79 Å². The number of nitriles is 2.